The third-order valence-corrected chi connectivity index (χ3v) is 6.80. The first kappa shape index (κ1) is 22.4. The third kappa shape index (κ3) is 3.82. The second-order valence-corrected chi connectivity index (χ2v) is 9.35. The van der Waals surface area contributed by atoms with Gasteiger partial charge in [0.2, 0.25) is 10.0 Å². The fourth-order valence-electron chi connectivity index (χ4n) is 4.37. The Labute approximate surface area is 191 Å². The molecule has 1 aliphatic carbocycles. The minimum absolute atomic E-state index is 0.0608. The topological polar surface area (TPSA) is 160 Å². The maximum atomic E-state index is 13.1. The van der Waals surface area contributed by atoms with E-state index in [1.807, 2.05) is 0 Å². The molecular weight excluding hydrogens is 444 g/mol. The number of benzene rings is 2. The van der Waals surface area contributed by atoms with Crippen molar-refractivity contribution in [2.45, 2.75) is 30.1 Å². The van der Waals surface area contributed by atoms with Crippen molar-refractivity contribution >= 4 is 21.5 Å². The standard InChI is InChI=1S/C23H22N4O5S/c1-32-20-11-13(5-10-18(20)28)21-16(12-24)23(25)27(17-3-2-4-19(29)22(17)21)14-6-8-15(9-7-14)33(26,30)31/h5-11,21,28H,2-4,25H2,1H3,(H2,26,30,31). The van der Waals surface area contributed by atoms with Crippen molar-refractivity contribution in [2.75, 3.05) is 12.0 Å². The highest BCUT2D eigenvalue weighted by Crippen LogP contribution is 2.47. The molecule has 0 amide bonds. The van der Waals surface area contributed by atoms with E-state index in [2.05, 4.69) is 6.07 Å². The molecule has 2 aromatic rings. The van der Waals surface area contributed by atoms with Crippen LogP contribution in [-0.2, 0) is 14.8 Å². The van der Waals surface area contributed by atoms with Gasteiger partial charge in [-0.1, -0.05) is 6.07 Å². The zero-order chi connectivity index (χ0) is 23.9. The molecular formula is C23H22N4O5S. The summed E-state index contributed by atoms with van der Waals surface area (Å²) in [5.41, 5.74) is 8.87. The summed E-state index contributed by atoms with van der Waals surface area (Å²) in [6.45, 7) is 0. The molecule has 2 aromatic carbocycles. The molecule has 1 heterocycles. The molecule has 0 fully saturated rings. The van der Waals surface area contributed by atoms with Gasteiger partial charge in [0.15, 0.2) is 17.3 Å². The average molecular weight is 467 g/mol. The van der Waals surface area contributed by atoms with E-state index in [-0.39, 0.29) is 33.6 Å². The number of carbonyl (C=O) groups is 1. The molecule has 1 aliphatic heterocycles. The van der Waals surface area contributed by atoms with Gasteiger partial charge in [-0.3, -0.25) is 9.69 Å². The Bertz CT molecular complexity index is 1350. The number of nitrogens with two attached hydrogens (primary N) is 2. The average Bonchev–Trinajstić information content (AvgIpc) is 2.78. The number of Topliss-reactive ketones (excluding diaryl/α,β-unsaturated/α-hetero) is 1. The number of sulfonamides is 1. The number of allylic oxidation sites excluding steroid dienone is 3. The Hall–Kier alpha value is -3.81. The van der Waals surface area contributed by atoms with E-state index >= 15 is 0 Å². The first-order valence-electron chi connectivity index (χ1n) is 10.1. The number of ether oxygens (including phenoxy) is 1. The quantitative estimate of drug-likeness (QED) is 0.619. The third-order valence-electron chi connectivity index (χ3n) is 5.87. The molecule has 4 rings (SSSR count). The Balaban J connectivity index is 1.93. The molecule has 170 valence electrons. The number of hydrogen-bond acceptors (Lipinski definition) is 8. The predicted octanol–water partition coefficient (Wildman–Crippen LogP) is 2.35. The smallest absolute Gasteiger partial charge is 0.238 e. The molecule has 0 aromatic heterocycles. The molecule has 0 bridgehead atoms. The van der Waals surface area contributed by atoms with Crippen LogP contribution in [0, 0.1) is 11.3 Å². The van der Waals surface area contributed by atoms with Crippen LogP contribution in [0.4, 0.5) is 5.69 Å². The normalized spacial score (nSPS) is 18.8. The zero-order valence-electron chi connectivity index (χ0n) is 17.8. The molecule has 33 heavy (non-hydrogen) atoms. The lowest BCUT2D eigenvalue weighted by atomic mass is 9.75. The molecule has 0 radical (unpaired) electrons. The van der Waals surface area contributed by atoms with Crippen LogP contribution in [0.15, 0.2) is 70.0 Å². The van der Waals surface area contributed by atoms with Gasteiger partial charge in [0.25, 0.3) is 0 Å². The summed E-state index contributed by atoms with van der Waals surface area (Å²) in [5.74, 6) is -0.513. The van der Waals surface area contributed by atoms with Crippen LogP contribution in [0.3, 0.4) is 0 Å². The molecule has 0 saturated heterocycles. The Kier molecular flexibility index (Phi) is 5.61. The van der Waals surface area contributed by atoms with Gasteiger partial charge in [0.1, 0.15) is 5.82 Å². The lowest BCUT2D eigenvalue weighted by Gasteiger charge is -2.39. The molecule has 10 heteroatoms. The summed E-state index contributed by atoms with van der Waals surface area (Å²) in [5, 5.41) is 25.2. The van der Waals surface area contributed by atoms with E-state index in [1.54, 1.807) is 17.0 Å². The number of ketones is 1. The summed E-state index contributed by atoms with van der Waals surface area (Å²) in [4.78, 5) is 14.7. The molecule has 1 atom stereocenters. The monoisotopic (exact) mass is 466 g/mol. The van der Waals surface area contributed by atoms with Crippen LogP contribution in [-0.4, -0.2) is 26.4 Å². The van der Waals surface area contributed by atoms with E-state index in [1.165, 1.54) is 37.4 Å². The lowest BCUT2D eigenvalue weighted by Crippen LogP contribution is -2.38. The second kappa shape index (κ2) is 8.27. The van der Waals surface area contributed by atoms with Gasteiger partial charge in [-0.05, 0) is 54.8 Å². The molecule has 9 nitrogen and oxygen atoms in total. The van der Waals surface area contributed by atoms with E-state index in [0.29, 0.717) is 41.8 Å². The van der Waals surface area contributed by atoms with E-state index in [9.17, 15) is 23.6 Å². The molecule has 0 spiro atoms. The SMILES string of the molecule is COc1cc(C2C(C#N)=C(N)N(c3ccc(S(N)(=O)=O)cc3)C3=C2C(=O)CCC3)ccc1O. The Morgan fingerprint density at radius 3 is 2.48 bits per heavy atom. The van der Waals surface area contributed by atoms with E-state index in [4.69, 9.17) is 15.6 Å². The number of phenolic OH excluding ortho intramolecular Hbond substituents is 1. The fourth-order valence-corrected chi connectivity index (χ4v) is 4.89. The summed E-state index contributed by atoms with van der Waals surface area (Å²) in [6.07, 6.45) is 1.49. The number of anilines is 1. The second-order valence-electron chi connectivity index (χ2n) is 7.79. The highest BCUT2D eigenvalue weighted by molar-refractivity contribution is 7.89. The fraction of sp³-hybridized carbons (Fsp3) is 0.217. The van der Waals surface area contributed by atoms with Crippen LogP contribution in [0.25, 0.3) is 0 Å². The van der Waals surface area contributed by atoms with Crippen molar-refractivity contribution in [3.63, 3.8) is 0 Å². The summed E-state index contributed by atoms with van der Waals surface area (Å²) in [7, 11) is -2.46. The largest absolute Gasteiger partial charge is 0.504 e. The summed E-state index contributed by atoms with van der Waals surface area (Å²) >= 11 is 0. The number of carbonyl (C=O) groups excluding carboxylic acids is 1. The van der Waals surface area contributed by atoms with Crippen molar-refractivity contribution in [1.82, 2.24) is 0 Å². The van der Waals surface area contributed by atoms with Crippen molar-refractivity contribution in [3.05, 3.63) is 70.7 Å². The number of nitriles is 1. The number of rotatable bonds is 4. The van der Waals surface area contributed by atoms with Crippen molar-refractivity contribution in [1.29, 1.82) is 5.26 Å². The molecule has 0 saturated carbocycles. The van der Waals surface area contributed by atoms with Crippen molar-refractivity contribution in [3.8, 4) is 17.6 Å². The van der Waals surface area contributed by atoms with Gasteiger partial charge >= 0.3 is 0 Å². The number of hydrogen-bond donors (Lipinski definition) is 3. The van der Waals surface area contributed by atoms with Gasteiger partial charge < -0.3 is 15.6 Å². The number of nitrogens with zero attached hydrogens (tertiary/aromatic N) is 2. The number of aromatic hydroxyl groups is 1. The maximum Gasteiger partial charge on any atom is 0.238 e. The molecule has 2 aliphatic rings. The van der Waals surface area contributed by atoms with E-state index in [0.717, 1.165) is 0 Å². The number of phenols is 1. The van der Waals surface area contributed by atoms with Gasteiger partial charge in [0, 0.05) is 23.4 Å². The predicted molar refractivity (Wildman–Crippen MR) is 120 cm³/mol. The van der Waals surface area contributed by atoms with Crippen LogP contribution in [0.2, 0.25) is 0 Å². The first-order chi connectivity index (χ1) is 15.7. The highest BCUT2D eigenvalue weighted by atomic mass is 32.2. The van der Waals surface area contributed by atoms with E-state index < -0.39 is 15.9 Å². The van der Waals surface area contributed by atoms with Gasteiger partial charge in [0.05, 0.1) is 29.6 Å². The minimum Gasteiger partial charge on any atom is -0.504 e. The van der Waals surface area contributed by atoms with Crippen LogP contribution in [0.5, 0.6) is 11.5 Å². The zero-order valence-corrected chi connectivity index (χ0v) is 18.6. The van der Waals surface area contributed by atoms with Gasteiger partial charge in [-0.25, -0.2) is 13.6 Å². The Morgan fingerprint density at radius 2 is 1.88 bits per heavy atom. The molecule has 1 unspecified atom stereocenters. The number of methoxy groups -OCH3 is 1. The maximum absolute atomic E-state index is 13.1. The van der Waals surface area contributed by atoms with Crippen molar-refractivity contribution in [2.24, 2.45) is 10.9 Å². The van der Waals surface area contributed by atoms with Crippen LogP contribution < -0.4 is 20.5 Å². The Morgan fingerprint density at radius 1 is 1.18 bits per heavy atom. The minimum atomic E-state index is -3.88. The van der Waals surface area contributed by atoms with Gasteiger partial charge in [-0.2, -0.15) is 5.26 Å². The van der Waals surface area contributed by atoms with Gasteiger partial charge in [-0.15, -0.1) is 0 Å². The van der Waals surface area contributed by atoms with Crippen LogP contribution >= 0.6 is 0 Å². The van der Waals surface area contributed by atoms with Crippen molar-refractivity contribution < 1.29 is 23.1 Å². The number of primary sulfonamides is 1. The summed E-state index contributed by atoms with van der Waals surface area (Å²) < 4.78 is 28.5. The molecule has 5 N–H and O–H groups in total. The highest BCUT2D eigenvalue weighted by Gasteiger charge is 2.40. The lowest BCUT2D eigenvalue weighted by molar-refractivity contribution is -0.116. The van der Waals surface area contributed by atoms with Crippen LogP contribution in [0.1, 0.15) is 30.7 Å². The first-order valence-corrected chi connectivity index (χ1v) is 11.7. The summed E-state index contributed by atoms with van der Waals surface area (Å²) in [6, 6.07) is 12.6.